The fourth-order valence-corrected chi connectivity index (χ4v) is 10.7. The average molecular weight is 1620 g/mol. The van der Waals surface area contributed by atoms with E-state index in [1.54, 1.807) is 0 Å². The van der Waals surface area contributed by atoms with Crippen LogP contribution in [-0.4, -0.2) is 29.9 Å². The van der Waals surface area contributed by atoms with Crippen molar-refractivity contribution < 1.29 is 95.6 Å². The average Bonchev–Trinajstić information content (AvgIpc) is 0.767. The zero-order chi connectivity index (χ0) is 71.3. The summed E-state index contributed by atoms with van der Waals surface area (Å²) in [6, 6.07) is 88.0. The van der Waals surface area contributed by atoms with E-state index in [4.69, 9.17) is 0 Å². The van der Waals surface area contributed by atoms with Gasteiger partial charge in [0.2, 0.25) is 0 Å². The molecule has 6 heterocycles. The molecule has 0 fully saturated rings. The third-order valence-electron chi connectivity index (χ3n) is 14.4. The first kappa shape index (κ1) is 74.3. The summed E-state index contributed by atoms with van der Waals surface area (Å²) < 4.78 is 178. The zero-order valence-corrected chi connectivity index (χ0v) is 56.0. The predicted molar refractivity (Wildman–Crippen MR) is 364 cm³/mol. The van der Waals surface area contributed by atoms with Crippen LogP contribution in [0.2, 0.25) is 0 Å². The minimum Gasteiger partial charge on any atom is -0.254 e. The first-order chi connectivity index (χ1) is 46.1. The zero-order valence-electron chi connectivity index (χ0n) is 50.9. The second-order valence-corrected chi connectivity index (χ2v) is 27.5. The van der Waals surface area contributed by atoms with Gasteiger partial charge in [-0.05, 0) is 103 Å². The van der Waals surface area contributed by atoms with Crippen molar-refractivity contribution in [2.75, 3.05) is 0 Å². The molecule has 28 heteroatoms. The van der Waals surface area contributed by atoms with Crippen molar-refractivity contribution in [3.05, 3.63) is 292 Å². The summed E-state index contributed by atoms with van der Waals surface area (Å²) in [7, 11) is -32.0. The molecular weight excluding hydrogens is 1580 g/mol. The van der Waals surface area contributed by atoms with E-state index in [-0.39, 0.29) is 20.1 Å². The van der Waals surface area contributed by atoms with Crippen LogP contribution >= 0.6 is 23.4 Å². The van der Waals surface area contributed by atoms with Gasteiger partial charge in [0, 0.05) is 69.5 Å². The van der Waals surface area contributed by atoms with Crippen LogP contribution in [0.4, 0.5) is 75.5 Å². The normalized spacial score (nSPS) is 13.5. The number of hydrogen-bond acceptors (Lipinski definition) is 6. The maximum atomic E-state index is 9.87. The molecule has 0 spiro atoms. The summed E-state index contributed by atoms with van der Waals surface area (Å²) in [5.41, 5.74) is 19.9. The van der Waals surface area contributed by atoms with Gasteiger partial charge in [-0.1, -0.05) is 218 Å². The van der Waals surface area contributed by atoms with E-state index in [1.165, 1.54) is 66.8 Å². The van der Waals surface area contributed by atoms with Gasteiger partial charge in [0.1, 0.15) is 0 Å². The van der Waals surface area contributed by atoms with Crippen molar-refractivity contribution >= 4 is 88.8 Å². The third-order valence-corrected chi connectivity index (χ3v) is 14.4. The van der Waals surface area contributed by atoms with Crippen molar-refractivity contribution in [3.63, 3.8) is 0 Å². The van der Waals surface area contributed by atoms with E-state index in [2.05, 4.69) is 248 Å². The number of aromatic nitrogens is 6. The van der Waals surface area contributed by atoms with Gasteiger partial charge in [-0.15, -0.1) is 0 Å². The van der Waals surface area contributed by atoms with Crippen molar-refractivity contribution in [3.8, 4) is 66.8 Å². The van der Waals surface area contributed by atoms with E-state index in [0.29, 0.717) is 0 Å². The molecule has 0 atom stereocenters. The van der Waals surface area contributed by atoms with Gasteiger partial charge in [0.15, 0.2) is 0 Å². The standard InChI is InChI=1S/3C24H16N2.3F6P.Ir/c3*1-3-7-17(8-4-1)19-13-15-25-23-21(19)11-12-22-20(14-16-26-24(22)23)18-9-5-2-6-10-18;3*1-7(2,3,4,5)6;/h3*1-16H;;;;/q;;;3*-1;+3. The molecule has 0 aliphatic rings. The van der Waals surface area contributed by atoms with Gasteiger partial charge in [0.05, 0.1) is 33.1 Å². The van der Waals surface area contributed by atoms with Crippen molar-refractivity contribution in [2.24, 2.45) is 0 Å². The summed E-state index contributed by atoms with van der Waals surface area (Å²) in [6.07, 6.45) is 11.3. The van der Waals surface area contributed by atoms with Crippen molar-refractivity contribution in [1.82, 2.24) is 29.9 Å². The number of rotatable bonds is 6. The number of halogens is 18. The molecular formula is C72H48F18IrN6P3. The maximum Gasteiger partial charge on any atom is 3.00 e. The number of hydrogen-bond donors (Lipinski definition) is 0. The molecule has 0 bridgehead atoms. The Balaban J connectivity index is 0.000000152. The molecule has 0 saturated carbocycles. The summed E-state index contributed by atoms with van der Waals surface area (Å²) in [6.45, 7) is 0. The Morgan fingerprint density at radius 1 is 0.160 bits per heavy atom. The number of fused-ring (bicyclic) bond motifs is 9. The molecule has 100 heavy (non-hydrogen) atoms. The molecule has 0 saturated heterocycles. The van der Waals surface area contributed by atoms with Crippen LogP contribution in [0.3, 0.4) is 0 Å². The van der Waals surface area contributed by atoms with Crippen molar-refractivity contribution in [2.45, 2.75) is 0 Å². The third kappa shape index (κ3) is 22.3. The largest absolute Gasteiger partial charge is 3.00 e. The summed E-state index contributed by atoms with van der Waals surface area (Å²) in [4.78, 5) is 28.0. The monoisotopic (exact) mass is 1620 g/mol. The maximum absolute atomic E-state index is 10.7. The second kappa shape index (κ2) is 26.7. The molecule has 15 aromatic rings. The van der Waals surface area contributed by atoms with Gasteiger partial charge < -0.3 is 0 Å². The Morgan fingerprint density at radius 3 is 0.380 bits per heavy atom. The molecule has 0 aliphatic heterocycles. The Bertz CT molecular complexity index is 4540. The Morgan fingerprint density at radius 2 is 0.270 bits per heavy atom. The fourth-order valence-electron chi connectivity index (χ4n) is 10.7. The fraction of sp³-hybridized carbons (Fsp3) is 0. The molecule has 0 aliphatic carbocycles. The Hall–Kier alpha value is -9.88. The van der Waals surface area contributed by atoms with E-state index < -0.39 is 23.4 Å². The molecule has 6 nitrogen and oxygen atoms in total. The Labute approximate surface area is 570 Å². The second-order valence-electron chi connectivity index (χ2n) is 21.8. The van der Waals surface area contributed by atoms with Gasteiger partial charge in [-0.3, -0.25) is 29.9 Å². The molecule has 0 amide bonds. The van der Waals surface area contributed by atoms with Gasteiger partial charge in [0.25, 0.3) is 0 Å². The van der Waals surface area contributed by atoms with Crippen LogP contribution in [0, 0.1) is 0 Å². The van der Waals surface area contributed by atoms with Crippen LogP contribution in [0.25, 0.3) is 132 Å². The minimum absolute atomic E-state index is 0. The van der Waals surface area contributed by atoms with E-state index >= 15 is 0 Å². The molecule has 516 valence electrons. The van der Waals surface area contributed by atoms with Crippen molar-refractivity contribution in [1.29, 1.82) is 0 Å². The number of nitrogens with zero attached hydrogens (tertiary/aromatic N) is 6. The smallest absolute Gasteiger partial charge is 0.254 e. The predicted octanol–water partition coefficient (Wildman–Crippen LogP) is 28.5. The summed E-state index contributed by atoms with van der Waals surface area (Å²) in [5.74, 6) is 0. The van der Waals surface area contributed by atoms with Crippen LogP contribution in [0.1, 0.15) is 0 Å². The first-order valence-corrected chi connectivity index (χ1v) is 35.2. The van der Waals surface area contributed by atoms with E-state index in [0.717, 1.165) is 65.4 Å². The van der Waals surface area contributed by atoms with Crippen LogP contribution in [-0.2, 0) is 20.1 Å². The molecule has 0 radical (unpaired) electrons. The SMILES string of the molecule is F[P-](F)(F)(F)(F)F.F[P-](F)(F)(F)(F)F.F[P-](F)(F)(F)(F)F.[Ir+3].c1ccc(-c2ccnc3c2ccc2c(-c4ccccc4)ccnc23)cc1.c1ccc(-c2ccnc3c2ccc2c(-c4ccccc4)ccnc23)cc1.c1ccc(-c2ccnc3c2ccc2c(-c4ccccc4)ccnc23)cc1. The molecule has 6 aromatic heterocycles. The molecule has 0 N–H and O–H groups in total. The molecule has 15 rings (SSSR count). The summed E-state index contributed by atoms with van der Waals surface area (Å²) >= 11 is 0. The molecule has 9 aromatic carbocycles. The quantitative estimate of drug-likeness (QED) is 0.0938. The van der Waals surface area contributed by atoms with Crippen LogP contribution in [0.15, 0.2) is 292 Å². The number of pyridine rings is 6. The van der Waals surface area contributed by atoms with Gasteiger partial charge in [-0.25, -0.2) is 0 Å². The molecule has 0 unspecified atom stereocenters. The summed E-state index contributed by atoms with van der Waals surface area (Å²) in [5, 5.41) is 6.77. The van der Waals surface area contributed by atoms with Crippen LogP contribution < -0.4 is 0 Å². The van der Waals surface area contributed by atoms with E-state index in [1.807, 2.05) is 73.6 Å². The Kier molecular flexibility index (Phi) is 19.8. The van der Waals surface area contributed by atoms with Gasteiger partial charge >= 0.3 is 119 Å². The topological polar surface area (TPSA) is 77.3 Å². The first-order valence-electron chi connectivity index (χ1n) is 29.1. The number of benzene rings is 9. The van der Waals surface area contributed by atoms with E-state index in [9.17, 15) is 75.5 Å². The van der Waals surface area contributed by atoms with Gasteiger partial charge in [-0.2, -0.15) is 0 Å². The minimum atomic E-state index is -10.7. The van der Waals surface area contributed by atoms with Crippen LogP contribution in [0.5, 0.6) is 0 Å².